The molecule has 0 aromatic heterocycles. The van der Waals surface area contributed by atoms with E-state index in [1.165, 1.54) is 6.08 Å². The molecule has 6 nitrogen and oxygen atoms in total. The number of aliphatic hydroxyl groups is 4. The van der Waals surface area contributed by atoms with Crippen molar-refractivity contribution in [3.05, 3.63) is 24.3 Å². The van der Waals surface area contributed by atoms with Crippen molar-refractivity contribution < 1.29 is 30.0 Å². The van der Waals surface area contributed by atoms with Crippen LogP contribution in [0.4, 0.5) is 0 Å². The maximum Gasteiger partial charge on any atom is 0.330 e. The molecule has 2 aliphatic rings. The van der Waals surface area contributed by atoms with Crippen molar-refractivity contribution in [3.63, 3.8) is 0 Å². The Balaban J connectivity index is 2.11. The summed E-state index contributed by atoms with van der Waals surface area (Å²) in [6, 6.07) is 0. The van der Waals surface area contributed by atoms with E-state index in [9.17, 15) is 20.1 Å². The molecule has 0 amide bonds. The van der Waals surface area contributed by atoms with E-state index >= 15 is 0 Å². The highest BCUT2D eigenvalue weighted by Gasteiger charge is 2.35. The van der Waals surface area contributed by atoms with E-state index in [0.717, 1.165) is 12.5 Å². The minimum absolute atomic E-state index is 0.0836. The van der Waals surface area contributed by atoms with Crippen LogP contribution in [0.15, 0.2) is 24.3 Å². The summed E-state index contributed by atoms with van der Waals surface area (Å²) in [4.78, 5) is 11.8. The predicted octanol–water partition coefficient (Wildman–Crippen LogP) is 0.296. The molecule has 0 spiro atoms. The summed E-state index contributed by atoms with van der Waals surface area (Å²) in [6.45, 7) is -0.470. The summed E-state index contributed by atoms with van der Waals surface area (Å²) in [5.74, 6) is -0.686. The molecular formula is C17H26O6. The third-order valence-electron chi connectivity index (χ3n) is 4.63. The molecule has 6 atom stereocenters. The summed E-state index contributed by atoms with van der Waals surface area (Å²) in [5, 5.41) is 38.9. The molecule has 0 aromatic carbocycles. The lowest BCUT2D eigenvalue weighted by Gasteiger charge is -2.21. The zero-order valence-electron chi connectivity index (χ0n) is 13.1. The number of fused-ring (bicyclic) bond motifs is 1. The highest BCUT2D eigenvalue weighted by Crippen LogP contribution is 2.36. The Morgan fingerprint density at radius 1 is 1.26 bits per heavy atom. The topological polar surface area (TPSA) is 107 Å². The van der Waals surface area contributed by atoms with E-state index < -0.39 is 37.0 Å². The van der Waals surface area contributed by atoms with Gasteiger partial charge in [-0.3, -0.25) is 0 Å². The number of carbonyl (C=O) groups is 1. The highest BCUT2D eigenvalue weighted by atomic mass is 16.6. The summed E-state index contributed by atoms with van der Waals surface area (Å²) < 4.78 is 5.18. The molecule has 1 fully saturated rings. The van der Waals surface area contributed by atoms with Crippen molar-refractivity contribution in [2.75, 3.05) is 6.61 Å². The second kappa shape index (κ2) is 8.59. The Labute approximate surface area is 136 Å². The predicted molar refractivity (Wildman–Crippen MR) is 83.3 cm³/mol. The Kier molecular flexibility index (Phi) is 6.77. The van der Waals surface area contributed by atoms with Crippen molar-refractivity contribution in [2.24, 2.45) is 11.8 Å². The molecule has 2 rings (SSSR count). The molecule has 0 bridgehead atoms. The van der Waals surface area contributed by atoms with Gasteiger partial charge in [-0.2, -0.15) is 0 Å². The molecular weight excluding hydrogens is 300 g/mol. The molecule has 4 N–H and O–H groups in total. The lowest BCUT2D eigenvalue weighted by molar-refractivity contribution is -0.151. The van der Waals surface area contributed by atoms with Gasteiger partial charge in [0.2, 0.25) is 0 Å². The smallest absolute Gasteiger partial charge is 0.330 e. The van der Waals surface area contributed by atoms with Crippen LogP contribution in [0.2, 0.25) is 0 Å². The van der Waals surface area contributed by atoms with Crippen LogP contribution in [0.3, 0.4) is 0 Å². The monoisotopic (exact) mass is 326 g/mol. The molecule has 23 heavy (non-hydrogen) atoms. The summed E-state index contributed by atoms with van der Waals surface area (Å²) in [5.41, 5.74) is 0. The maximum atomic E-state index is 11.8. The zero-order valence-corrected chi connectivity index (χ0v) is 13.1. The van der Waals surface area contributed by atoms with Crippen LogP contribution < -0.4 is 0 Å². The van der Waals surface area contributed by atoms with Gasteiger partial charge in [-0.1, -0.05) is 12.2 Å². The van der Waals surface area contributed by atoms with Gasteiger partial charge in [-0.15, -0.1) is 0 Å². The van der Waals surface area contributed by atoms with Crippen molar-refractivity contribution in [1.29, 1.82) is 0 Å². The minimum Gasteiger partial charge on any atom is -0.456 e. The fourth-order valence-corrected chi connectivity index (χ4v) is 3.35. The van der Waals surface area contributed by atoms with Crippen LogP contribution >= 0.6 is 0 Å². The van der Waals surface area contributed by atoms with Crippen LogP contribution in [0.25, 0.3) is 0 Å². The third kappa shape index (κ3) is 5.14. The van der Waals surface area contributed by atoms with E-state index in [2.05, 4.69) is 0 Å². The van der Waals surface area contributed by atoms with Crippen LogP contribution in [0.1, 0.15) is 32.1 Å². The van der Waals surface area contributed by atoms with Crippen molar-refractivity contribution in [3.8, 4) is 0 Å². The largest absolute Gasteiger partial charge is 0.456 e. The molecule has 0 unspecified atom stereocenters. The number of esters is 1. The summed E-state index contributed by atoms with van der Waals surface area (Å²) in [6.07, 6.45) is 6.45. The fraction of sp³-hybridized carbons (Fsp3) is 0.706. The third-order valence-corrected chi connectivity index (χ3v) is 4.63. The SMILES string of the molecule is O=C1/C=C/[C@@H](O)[C@@H]2C[C@@H](O)C[C@H]2/C=C/CCC[C@H]([C@@H](O)CO)O1. The van der Waals surface area contributed by atoms with Gasteiger partial charge >= 0.3 is 5.97 Å². The zero-order chi connectivity index (χ0) is 16.8. The van der Waals surface area contributed by atoms with Gasteiger partial charge in [0, 0.05) is 6.08 Å². The number of hydrogen-bond donors (Lipinski definition) is 4. The van der Waals surface area contributed by atoms with Crippen LogP contribution in [-0.2, 0) is 9.53 Å². The molecule has 0 radical (unpaired) electrons. The summed E-state index contributed by atoms with van der Waals surface area (Å²) >= 11 is 0. The standard InChI is InChI=1S/C17H26O6/c18-10-15(21)16-5-3-1-2-4-11-8-12(19)9-13(11)14(20)6-7-17(22)23-16/h2,4,6-7,11-16,18-21H,1,3,5,8-10H2/b4-2+,7-6+/t11-,12+,13-,14-,15+,16-/m1/s1. The fourth-order valence-electron chi connectivity index (χ4n) is 3.35. The van der Waals surface area contributed by atoms with Crippen molar-refractivity contribution in [1.82, 2.24) is 0 Å². The molecule has 0 saturated heterocycles. The first-order chi connectivity index (χ1) is 11.0. The van der Waals surface area contributed by atoms with Gasteiger partial charge in [0.05, 0.1) is 18.8 Å². The van der Waals surface area contributed by atoms with Crippen LogP contribution in [-0.4, -0.2) is 57.4 Å². The number of cyclic esters (lactones) is 1. The van der Waals surface area contributed by atoms with Gasteiger partial charge in [-0.25, -0.2) is 4.79 Å². The molecule has 130 valence electrons. The van der Waals surface area contributed by atoms with Crippen molar-refractivity contribution >= 4 is 5.97 Å². The first-order valence-corrected chi connectivity index (χ1v) is 8.21. The minimum atomic E-state index is -1.11. The first-order valence-electron chi connectivity index (χ1n) is 8.21. The Hall–Kier alpha value is -1.21. The van der Waals surface area contributed by atoms with E-state index in [0.29, 0.717) is 25.7 Å². The molecule has 6 heteroatoms. The van der Waals surface area contributed by atoms with Gasteiger partial charge in [0.25, 0.3) is 0 Å². The summed E-state index contributed by atoms with van der Waals surface area (Å²) in [7, 11) is 0. The van der Waals surface area contributed by atoms with Gasteiger partial charge in [0.1, 0.15) is 12.2 Å². The molecule has 1 aliphatic carbocycles. The average Bonchev–Trinajstić information content (AvgIpc) is 2.90. The number of ether oxygens (including phenoxy) is 1. The number of rotatable bonds is 2. The van der Waals surface area contributed by atoms with Gasteiger partial charge in [0.15, 0.2) is 0 Å². The van der Waals surface area contributed by atoms with E-state index in [-0.39, 0.29) is 11.8 Å². The number of aliphatic hydroxyl groups excluding tert-OH is 4. The lowest BCUT2D eigenvalue weighted by atomic mass is 9.90. The van der Waals surface area contributed by atoms with E-state index in [1.807, 2.05) is 12.2 Å². The average molecular weight is 326 g/mol. The number of carbonyl (C=O) groups excluding carboxylic acids is 1. The highest BCUT2D eigenvalue weighted by molar-refractivity contribution is 5.82. The van der Waals surface area contributed by atoms with Gasteiger partial charge in [-0.05, 0) is 50.0 Å². The Bertz CT molecular complexity index is 446. The van der Waals surface area contributed by atoms with Crippen molar-refractivity contribution in [2.45, 2.75) is 56.5 Å². The molecule has 0 aromatic rings. The second-order valence-corrected chi connectivity index (χ2v) is 6.39. The number of hydrogen-bond acceptors (Lipinski definition) is 6. The second-order valence-electron chi connectivity index (χ2n) is 6.39. The van der Waals surface area contributed by atoms with E-state index in [1.54, 1.807) is 0 Å². The lowest BCUT2D eigenvalue weighted by Crippen LogP contribution is -2.33. The maximum absolute atomic E-state index is 11.8. The molecule has 1 saturated carbocycles. The van der Waals surface area contributed by atoms with Gasteiger partial charge < -0.3 is 25.2 Å². The Morgan fingerprint density at radius 3 is 2.78 bits per heavy atom. The van der Waals surface area contributed by atoms with Crippen LogP contribution in [0, 0.1) is 11.8 Å². The first kappa shape index (κ1) is 18.1. The quantitative estimate of drug-likeness (QED) is 0.429. The molecule has 1 aliphatic heterocycles. The number of allylic oxidation sites excluding steroid dienone is 2. The van der Waals surface area contributed by atoms with E-state index in [4.69, 9.17) is 9.84 Å². The van der Waals surface area contributed by atoms with Crippen LogP contribution in [0.5, 0.6) is 0 Å². The molecule has 1 heterocycles. The normalized spacial score (nSPS) is 40.0. The Morgan fingerprint density at radius 2 is 2.04 bits per heavy atom.